The second-order valence-corrected chi connectivity index (χ2v) is 7.18. The summed E-state index contributed by atoms with van der Waals surface area (Å²) in [5.74, 6) is -1.40. The first-order valence-electron chi connectivity index (χ1n) is 7.23. The van der Waals surface area contributed by atoms with Crippen LogP contribution in [0.4, 0.5) is 4.39 Å². The Hall–Kier alpha value is -2.75. The SMILES string of the molecule is O=C(NNS(=O)(=O)c1ccc(F)cc1Cl)c1cncn1-c1ccccc1. The minimum atomic E-state index is -4.18. The highest BCUT2D eigenvalue weighted by molar-refractivity contribution is 7.89. The summed E-state index contributed by atoms with van der Waals surface area (Å²) in [6, 6.07) is 11.7. The average molecular weight is 395 g/mol. The van der Waals surface area contributed by atoms with Crippen LogP contribution in [0.2, 0.25) is 5.02 Å². The summed E-state index contributed by atoms with van der Waals surface area (Å²) in [4.78, 5) is 17.8. The van der Waals surface area contributed by atoms with Crippen molar-refractivity contribution in [2.45, 2.75) is 4.90 Å². The molecule has 134 valence electrons. The molecule has 3 rings (SSSR count). The van der Waals surface area contributed by atoms with Gasteiger partial charge in [-0.05, 0) is 30.3 Å². The second-order valence-electron chi connectivity index (χ2n) is 5.12. The van der Waals surface area contributed by atoms with Gasteiger partial charge < -0.3 is 0 Å². The fraction of sp³-hybridized carbons (Fsp3) is 0. The molecule has 0 spiro atoms. The highest BCUT2D eigenvalue weighted by Gasteiger charge is 2.21. The lowest BCUT2D eigenvalue weighted by molar-refractivity contribution is 0.0938. The Labute approximate surface area is 153 Å². The van der Waals surface area contributed by atoms with Crippen molar-refractivity contribution in [2.24, 2.45) is 0 Å². The monoisotopic (exact) mass is 394 g/mol. The van der Waals surface area contributed by atoms with Gasteiger partial charge in [0.15, 0.2) is 0 Å². The quantitative estimate of drug-likeness (QED) is 0.649. The molecule has 0 fully saturated rings. The maximum Gasteiger partial charge on any atom is 0.284 e. The van der Waals surface area contributed by atoms with E-state index in [2.05, 4.69) is 10.4 Å². The van der Waals surface area contributed by atoms with E-state index in [1.165, 1.54) is 17.1 Å². The Bertz CT molecular complexity index is 1050. The van der Waals surface area contributed by atoms with Crippen LogP contribution in [0.3, 0.4) is 0 Å². The summed E-state index contributed by atoms with van der Waals surface area (Å²) in [5.41, 5.74) is 2.88. The smallest absolute Gasteiger partial charge is 0.284 e. The first-order chi connectivity index (χ1) is 12.4. The number of sulfonamides is 1. The number of amides is 1. The zero-order valence-corrected chi connectivity index (χ0v) is 14.6. The fourth-order valence-electron chi connectivity index (χ4n) is 2.18. The van der Waals surface area contributed by atoms with Crippen LogP contribution in [0.1, 0.15) is 10.5 Å². The van der Waals surface area contributed by atoms with Crippen LogP contribution in [-0.2, 0) is 10.0 Å². The normalized spacial score (nSPS) is 11.3. The van der Waals surface area contributed by atoms with Crippen molar-refractivity contribution >= 4 is 27.5 Å². The van der Waals surface area contributed by atoms with Gasteiger partial charge in [-0.1, -0.05) is 29.8 Å². The van der Waals surface area contributed by atoms with Gasteiger partial charge in [-0.15, -0.1) is 4.83 Å². The standard InChI is InChI=1S/C16H12ClFN4O3S/c17-13-8-11(18)6-7-15(13)26(24,25)21-20-16(23)14-9-19-10-22(14)12-4-2-1-3-5-12/h1-10,21H,(H,20,23). The molecule has 2 aromatic carbocycles. The predicted molar refractivity (Wildman–Crippen MR) is 92.8 cm³/mol. The highest BCUT2D eigenvalue weighted by Crippen LogP contribution is 2.21. The number of rotatable bonds is 5. The second kappa shape index (κ2) is 7.24. The molecule has 26 heavy (non-hydrogen) atoms. The molecule has 0 aliphatic heterocycles. The van der Waals surface area contributed by atoms with Gasteiger partial charge in [0.05, 0.1) is 17.5 Å². The third-order valence-corrected chi connectivity index (χ3v) is 5.12. The third kappa shape index (κ3) is 3.74. The third-order valence-electron chi connectivity index (χ3n) is 3.39. The number of imidazole rings is 1. The lowest BCUT2D eigenvalue weighted by Gasteiger charge is -2.11. The molecule has 0 saturated heterocycles. The molecule has 3 aromatic rings. The highest BCUT2D eigenvalue weighted by atomic mass is 35.5. The number of para-hydroxylation sites is 1. The van der Waals surface area contributed by atoms with Gasteiger partial charge >= 0.3 is 0 Å². The Morgan fingerprint density at radius 3 is 2.58 bits per heavy atom. The summed E-state index contributed by atoms with van der Waals surface area (Å²) in [7, 11) is -4.18. The van der Waals surface area contributed by atoms with E-state index in [1.54, 1.807) is 24.3 Å². The van der Waals surface area contributed by atoms with Gasteiger partial charge in [0.2, 0.25) is 0 Å². The van der Waals surface area contributed by atoms with E-state index < -0.39 is 21.7 Å². The maximum absolute atomic E-state index is 13.1. The summed E-state index contributed by atoms with van der Waals surface area (Å²) >= 11 is 5.75. The molecule has 0 radical (unpaired) electrons. The minimum Gasteiger partial charge on any atom is -0.295 e. The van der Waals surface area contributed by atoms with Crippen LogP contribution in [-0.4, -0.2) is 23.9 Å². The van der Waals surface area contributed by atoms with Crippen molar-refractivity contribution in [1.82, 2.24) is 19.8 Å². The van der Waals surface area contributed by atoms with Gasteiger partial charge in [0.25, 0.3) is 15.9 Å². The number of carbonyl (C=O) groups is 1. The van der Waals surface area contributed by atoms with Crippen molar-refractivity contribution < 1.29 is 17.6 Å². The first-order valence-corrected chi connectivity index (χ1v) is 9.09. The number of hydrogen-bond donors (Lipinski definition) is 2. The van der Waals surface area contributed by atoms with E-state index >= 15 is 0 Å². The Morgan fingerprint density at radius 2 is 1.88 bits per heavy atom. The summed E-state index contributed by atoms with van der Waals surface area (Å²) in [6.45, 7) is 0. The van der Waals surface area contributed by atoms with Gasteiger partial charge in [0, 0.05) is 5.69 Å². The minimum absolute atomic E-state index is 0.115. The lowest BCUT2D eigenvalue weighted by atomic mass is 10.3. The Balaban J connectivity index is 1.79. The van der Waals surface area contributed by atoms with Gasteiger partial charge in [-0.2, -0.15) is 0 Å². The molecule has 0 unspecified atom stereocenters. The number of nitrogens with one attached hydrogen (secondary N) is 2. The molecule has 0 atom stereocenters. The molecular formula is C16H12ClFN4O3S. The lowest BCUT2D eigenvalue weighted by Crippen LogP contribution is -2.42. The Morgan fingerprint density at radius 1 is 1.15 bits per heavy atom. The average Bonchev–Trinajstić information content (AvgIpc) is 3.10. The summed E-state index contributed by atoms with van der Waals surface area (Å²) in [6.07, 6.45) is 2.72. The van der Waals surface area contributed by atoms with Gasteiger partial charge in [0.1, 0.15) is 16.4 Å². The van der Waals surface area contributed by atoms with Crippen LogP contribution in [0.25, 0.3) is 5.69 Å². The van der Waals surface area contributed by atoms with E-state index in [0.29, 0.717) is 5.69 Å². The van der Waals surface area contributed by atoms with Crippen molar-refractivity contribution in [3.8, 4) is 5.69 Å². The summed E-state index contributed by atoms with van der Waals surface area (Å²) < 4.78 is 39.0. The maximum atomic E-state index is 13.1. The molecule has 2 N–H and O–H groups in total. The van der Waals surface area contributed by atoms with Crippen molar-refractivity contribution in [1.29, 1.82) is 0 Å². The van der Waals surface area contributed by atoms with E-state index in [4.69, 9.17) is 11.6 Å². The van der Waals surface area contributed by atoms with Crippen LogP contribution < -0.4 is 10.3 Å². The van der Waals surface area contributed by atoms with Gasteiger partial charge in [-0.25, -0.2) is 17.8 Å². The molecule has 10 heteroatoms. The number of halogens is 2. The molecule has 7 nitrogen and oxygen atoms in total. The molecule has 1 heterocycles. The van der Waals surface area contributed by atoms with Gasteiger partial charge in [-0.3, -0.25) is 14.8 Å². The van der Waals surface area contributed by atoms with Crippen molar-refractivity contribution in [3.63, 3.8) is 0 Å². The van der Waals surface area contributed by atoms with Crippen LogP contribution in [0.5, 0.6) is 0 Å². The molecule has 1 aromatic heterocycles. The number of nitrogens with zero attached hydrogens (tertiary/aromatic N) is 2. The van der Waals surface area contributed by atoms with Crippen molar-refractivity contribution in [2.75, 3.05) is 0 Å². The van der Waals surface area contributed by atoms with E-state index in [1.807, 2.05) is 10.9 Å². The number of hydrazine groups is 1. The number of hydrogen-bond acceptors (Lipinski definition) is 4. The molecule has 0 aliphatic carbocycles. The fourth-order valence-corrected chi connectivity index (χ4v) is 3.55. The first kappa shape index (κ1) is 18.1. The molecule has 0 bridgehead atoms. The van der Waals surface area contributed by atoms with E-state index in [0.717, 1.165) is 18.2 Å². The predicted octanol–water partition coefficient (Wildman–Crippen LogP) is 2.29. The number of aromatic nitrogens is 2. The summed E-state index contributed by atoms with van der Waals surface area (Å²) in [5, 5.41) is -0.305. The zero-order chi connectivity index (χ0) is 18.7. The largest absolute Gasteiger partial charge is 0.295 e. The van der Waals surface area contributed by atoms with Crippen LogP contribution in [0.15, 0.2) is 66.0 Å². The van der Waals surface area contributed by atoms with Crippen molar-refractivity contribution in [3.05, 3.63) is 77.6 Å². The van der Waals surface area contributed by atoms with E-state index in [9.17, 15) is 17.6 Å². The molecule has 0 saturated carbocycles. The van der Waals surface area contributed by atoms with Crippen LogP contribution in [0, 0.1) is 5.82 Å². The number of carbonyl (C=O) groups excluding carboxylic acids is 1. The Kier molecular flexibility index (Phi) is 5.03. The topological polar surface area (TPSA) is 93.1 Å². The molecule has 0 aliphatic rings. The van der Waals surface area contributed by atoms with E-state index in [-0.39, 0.29) is 15.6 Å². The van der Waals surface area contributed by atoms with Crippen LogP contribution >= 0.6 is 11.6 Å². The number of benzene rings is 2. The zero-order valence-electron chi connectivity index (χ0n) is 13.1. The molecular weight excluding hydrogens is 383 g/mol. The molecule has 1 amide bonds.